The van der Waals surface area contributed by atoms with Gasteiger partial charge in [-0.1, -0.05) is 12.1 Å². The summed E-state index contributed by atoms with van der Waals surface area (Å²) in [5, 5.41) is 3.80. The Balaban J connectivity index is 1.72. The monoisotopic (exact) mass is 252 g/mol. The predicted molar refractivity (Wildman–Crippen MR) is 72.7 cm³/mol. The quantitative estimate of drug-likeness (QED) is 0.750. The summed E-state index contributed by atoms with van der Waals surface area (Å²) in [4.78, 5) is 22.9. The number of hydrogen-bond acceptors (Lipinski definition) is 3. The lowest BCUT2D eigenvalue weighted by molar-refractivity contribution is -0.115. The Morgan fingerprint density at radius 1 is 1.21 bits per heavy atom. The van der Waals surface area contributed by atoms with E-state index in [4.69, 9.17) is 0 Å². The van der Waals surface area contributed by atoms with Gasteiger partial charge in [0.15, 0.2) is 0 Å². The van der Waals surface area contributed by atoms with E-state index in [1.54, 1.807) is 18.5 Å². The molecule has 0 aliphatic rings. The molecule has 1 aromatic carbocycles. The molecule has 3 aromatic rings. The van der Waals surface area contributed by atoms with Crippen molar-refractivity contribution < 1.29 is 4.79 Å². The van der Waals surface area contributed by atoms with Gasteiger partial charge in [-0.3, -0.25) is 10.1 Å². The molecule has 0 spiro atoms. The van der Waals surface area contributed by atoms with E-state index in [0.717, 1.165) is 16.5 Å². The highest BCUT2D eigenvalue weighted by atomic mass is 16.1. The topological polar surface area (TPSA) is 70.7 Å². The first kappa shape index (κ1) is 11.4. The molecule has 1 amide bonds. The van der Waals surface area contributed by atoms with Gasteiger partial charge in [-0.15, -0.1) is 0 Å². The summed E-state index contributed by atoms with van der Waals surface area (Å²) in [6, 6.07) is 9.61. The summed E-state index contributed by atoms with van der Waals surface area (Å²) in [5.74, 6) is 0.200. The number of benzene rings is 1. The fraction of sp³-hybridized carbons (Fsp3) is 0.0714. The van der Waals surface area contributed by atoms with Crippen LogP contribution in [-0.2, 0) is 11.2 Å². The van der Waals surface area contributed by atoms with Crippen LogP contribution in [0.2, 0.25) is 0 Å². The van der Waals surface area contributed by atoms with Crippen molar-refractivity contribution in [3.05, 3.63) is 54.5 Å². The summed E-state index contributed by atoms with van der Waals surface area (Å²) in [7, 11) is 0. The summed E-state index contributed by atoms with van der Waals surface area (Å²) in [6.07, 6.45) is 5.36. The molecular formula is C14H12N4O. The van der Waals surface area contributed by atoms with Gasteiger partial charge in [-0.2, -0.15) is 0 Å². The van der Waals surface area contributed by atoms with Crippen LogP contribution in [0.25, 0.3) is 10.9 Å². The van der Waals surface area contributed by atoms with Crippen molar-refractivity contribution in [2.45, 2.75) is 6.42 Å². The predicted octanol–water partition coefficient (Wildman–Crippen LogP) is 2.14. The van der Waals surface area contributed by atoms with Gasteiger partial charge < -0.3 is 4.98 Å². The molecule has 0 fully saturated rings. The van der Waals surface area contributed by atoms with Crippen molar-refractivity contribution in [1.82, 2.24) is 15.0 Å². The maximum absolute atomic E-state index is 11.9. The van der Waals surface area contributed by atoms with Crippen LogP contribution < -0.4 is 5.32 Å². The minimum atomic E-state index is -0.128. The zero-order valence-corrected chi connectivity index (χ0v) is 10.1. The second-order valence-corrected chi connectivity index (χ2v) is 4.20. The molecule has 0 saturated heterocycles. The van der Waals surface area contributed by atoms with Crippen LogP contribution in [0.15, 0.2) is 48.9 Å². The Morgan fingerprint density at radius 3 is 2.89 bits per heavy atom. The smallest absolute Gasteiger partial charge is 0.231 e. The molecule has 19 heavy (non-hydrogen) atoms. The maximum Gasteiger partial charge on any atom is 0.231 e. The molecular weight excluding hydrogens is 240 g/mol. The van der Waals surface area contributed by atoms with Crippen molar-refractivity contribution in [2.75, 3.05) is 5.32 Å². The summed E-state index contributed by atoms with van der Waals surface area (Å²) >= 11 is 0. The van der Waals surface area contributed by atoms with E-state index in [1.165, 1.54) is 0 Å². The van der Waals surface area contributed by atoms with Crippen LogP contribution in [0, 0.1) is 0 Å². The number of carbonyl (C=O) groups excluding carboxylic acids is 1. The zero-order valence-electron chi connectivity index (χ0n) is 10.1. The lowest BCUT2D eigenvalue weighted by atomic mass is 10.1. The van der Waals surface area contributed by atoms with E-state index in [2.05, 4.69) is 20.3 Å². The number of aromatic amines is 1. The number of nitrogens with one attached hydrogen (secondary N) is 2. The molecule has 3 rings (SSSR count). The highest BCUT2D eigenvalue weighted by Crippen LogP contribution is 2.14. The van der Waals surface area contributed by atoms with E-state index in [0.29, 0.717) is 12.4 Å². The Kier molecular flexibility index (Phi) is 2.94. The third kappa shape index (κ3) is 2.60. The molecule has 94 valence electrons. The Hall–Kier alpha value is -2.69. The molecule has 2 aromatic heterocycles. The SMILES string of the molecule is O=C(Cc1ccc2cc[nH]c2c1)Nc1ncccn1. The van der Waals surface area contributed by atoms with Crippen LogP contribution in [0.1, 0.15) is 5.56 Å². The van der Waals surface area contributed by atoms with Crippen molar-refractivity contribution in [3.8, 4) is 0 Å². The number of nitrogens with zero attached hydrogens (tertiary/aromatic N) is 2. The third-order valence-corrected chi connectivity index (χ3v) is 2.80. The minimum absolute atomic E-state index is 0.128. The number of hydrogen-bond donors (Lipinski definition) is 2. The summed E-state index contributed by atoms with van der Waals surface area (Å²) in [5.41, 5.74) is 1.98. The van der Waals surface area contributed by atoms with E-state index in [-0.39, 0.29) is 5.91 Å². The second-order valence-electron chi connectivity index (χ2n) is 4.20. The van der Waals surface area contributed by atoms with Crippen molar-refractivity contribution in [3.63, 3.8) is 0 Å². The van der Waals surface area contributed by atoms with E-state index < -0.39 is 0 Å². The Labute approximate surface area is 109 Å². The van der Waals surface area contributed by atoms with Gasteiger partial charge in [0.25, 0.3) is 0 Å². The van der Waals surface area contributed by atoms with Crippen LogP contribution in [0.5, 0.6) is 0 Å². The number of fused-ring (bicyclic) bond motifs is 1. The van der Waals surface area contributed by atoms with Gasteiger partial charge in [0.05, 0.1) is 6.42 Å². The van der Waals surface area contributed by atoms with Crippen molar-refractivity contribution in [1.29, 1.82) is 0 Å². The number of H-pyrrole nitrogens is 1. The second kappa shape index (κ2) is 4.89. The van der Waals surface area contributed by atoms with Crippen LogP contribution in [0.3, 0.4) is 0 Å². The average molecular weight is 252 g/mol. The van der Waals surface area contributed by atoms with Gasteiger partial charge in [0.2, 0.25) is 11.9 Å². The molecule has 0 aliphatic carbocycles. The van der Waals surface area contributed by atoms with Gasteiger partial charge in [-0.05, 0) is 29.1 Å². The third-order valence-electron chi connectivity index (χ3n) is 2.80. The van der Waals surface area contributed by atoms with Gasteiger partial charge >= 0.3 is 0 Å². The number of anilines is 1. The molecule has 2 N–H and O–H groups in total. The Bertz CT molecular complexity index is 706. The van der Waals surface area contributed by atoms with Crippen LogP contribution in [0.4, 0.5) is 5.95 Å². The summed E-state index contributed by atoms with van der Waals surface area (Å²) in [6.45, 7) is 0. The van der Waals surface area contributed by atoms with Crippen molar-refractivity contribution in [2.24, 2.45) is 0 Å². The first-order valence-corrected chi connectivity index (χ1v) is 5.94. The van der Waals surface area contributed by atoms with Crippen LogP contribution >= 0.6 is 0 Å². The lowest BCUT2D eigenvalue weighted by Crippen LogP contribution is -2.16. The lowest BCUT2D eigenvalue weighted by Gasteiger charge is -2.03. The zero-order chi connectivity index (χ0) is 13.1. The molecule has 0 aliphatic heterocycles. The molecule has 5 nitrogen and oxygen atoms in total. The molecule has 0 radical (unpaired) electrons. The van der Waals surface area contributed by atoms with Crippen molar-refractivity contribution >= 4 is 22.8 Å². The van der Waals surface area contributed by atoms with E-state index in [1.807, 2.05) is 30.5 Å². The highest BCUT2D eigenvalue weighted by Gasteiger charge is 2.06. The van der Waals surface area contributed by atoms with E-state index >= 15 is 0 Å². The summed E-state index contributed by atoms with van der Waals surface area (Å²) < 4.78 is 0. The number of carbonyl (C=O) groups is 1. The standard InChI is InChI=1S/C14H12N4O/c19-13(18-14-16-5-1-6-17-14)9-10-2-3-11-4-7-15-12(11)8-10/h1-8,15H,9H2,(H,16,17,18,19). The number of aromatic nitrogens is 3. The fourth-order valence-corrected chi connectivity index (χ4v) is 1.92. The maximum atomic E-state index is 11.9. The minimum Gasteiger partial charge on any atom is -0.361 e. The first-order chi connectivity index (χ1) is 9.31. The number of rotatable bonds is 3. The molecule has 0 unspecified atom stereocenters. The fourth-order valence-electron chi connectivity index (χ4n) is 1.92. The highest BCUT2D eigenvalue weighted by molar-refractivity contribution is 5.91. The molecule has 0 bridgehead atoms. The molecule has 2 heterocycles. The molecule has 5 heteroatoms. The molecule has 0 saturated carbocycles. The normalized spacial score (nSPS) is 10.5. The van der Waals surface area contributed by atoms with Crippen LogP contribution in [-0.4, -0.2) is 20.9 Å². The average Bonchev–Trinajstić information content (AvgIpc) is 2.87. The number of amides is 1. The van der Waals surface area contributed by atoms with E-state index in [9.17, 15) is 4.79 Å². The largest absolute Gasteiger partial charge is 0.361 e. The molecule has 0 atom stereocenters. The van der Waals surface area contributed by atoms with Gasteiger partial charge in [0, 0.05) is 24.1 Å². The first-order valence-electron chi connectivity index (χ1n) is 5.94. The van der Waals surface area contributed by atoms with Gasteiger partial charge in [0.1, 0.15) is 0 Å². The Morgan fingerprint density at radius 2 is 2.05 bits per heavy atom. The van der Waals surface area contributed by atoms with Gasteiger partial charge in [-0.25, -0.2) is 9.97 Å².